The fourth-order valence-electron chi connectivity index (χ4n) is 1.73. The molecule has 0 aliphatic carbocycles. The third kappa shape index (κ3) is 3.84. The normalized spacial score (nSPS) is 11.6. The molecule has 0 bridgehead atoms. The average molecular weight is 312 g/mol. The van der Waals surface area contributed by atoms with E-state index in [0.29, 0.717) is 5.56 Å². The maximum Gasteiger partial charge on any atom is 0.240 e. The largest absolute Gasteiger partial charge is 0.326 e. The molecule has 2 aromatic rings. The zero-order chi connectivity index (χ0) is 15.5. The molecule has 2 rings (SSSR count). The lowest BCUT2D eigenvalue weighted by Gasteiger charge is -2.08. The van der Waals surface area contributed by atoms with Gasteiger partial charge in [-0.3, -0.25) is 0 Å². The quantitative estimate of drug-likeness (QED) is 0.886. The lowest BCUT2D eigenvalue weighted by Crippen LogP contribution is -2.23. The number of halogens is 2. The van der Waals surface area contributed by atoms with Gasteiger partial charge in [-0.2, -0.15) is 0 Å². The van der Waals surface area contributed by atoms with Gasteiger partial charge in [0.25, 0.3) is 0 Å². The van der Waals surface area contributed by atoms with Crippen LogP contribution in [0.15, 0.2) is 47.4 Å². The molecule has 0 saturated carbocycles. The first-order chi connectivity index (χ1) is 9.92. The molecule has 0 saturated heterocycles. The van der Waals surface area contributed by atoms with Gasteiger partial charge in [0, 0.05) is 18.7 Å². The van der Waals surface area contributed by atoms with E-state index in [4.69, 9.17) is 5.73 Å². The minimum Gasteiger partial charge on any atom is -0.326 e. The van der Waals surface area contributed by atoms with E-state index in [1.807, 2.05) is 0 Å². The number of nitrogens with one attached hydrogen (secondary N) is 1. The Morgan fingerprint density at radius 3 is 2.29 bits per heavy atom. The summed E-state index contributed by atoms with van der Waals surface area (Å²) in [6.45, 7) is 0.00883. The fraction of sp³-hybridized carbons (Fsp3) is 0.143. The lowest BCUT2D eigenvalue weighted by molar-refractivity contribution is 0.573. The van der Waals surface area contributed by atoms with Crippen LogP contribution in [0.3, 0.4) is 0 Å². The molecule has 0 amide bonds. The first-order valence-corrected chi connectivity index (χ1v) is 7.63. The second kappa shape index (κ2) is 6.30. The standard InChI is InChI=1S/C14H14F2N2O2S/c15-12-3-5-13(6-4-12)21(19,20)18-9-11-2-1-10(8-17)7-14(11)16/h1-7,18H,8-9,17H2. The van der Waals surface area contributed by atoms with Crippen LogP contribution >= 0.6 is 0 Å². The minimum atomic E-state index is -3.82. The van der Waals surface area contributed by atoms with Crippen LogP contribution in [-0.2, 0) is 23.1 Å². The van der Waals surface area contributed by atoms with E-state index in [0.717, 1.165) is 24.3 Å². The SMILES string of the molecule is NCc1ccc(CNS(=O)(=O)c2ccc(F)cc2)c(F)c1. The van der Waals surface area contributed by atoms with E-state index in [2.05, 4.69) is 4.72 Å². The number of sulfonamides is 1. The van der Waals surface area contributed by atoms with Gasteiger partial charge in [0.15, 0.2) is 0 Å². The maximum atomic E-state index is 13.7. The van der Waals surface area contributed by atoms with E-state index in [-0.39, 0.29) is 23.5 Å². The second-order valence-corrected chi connectivity index (χ2v) is 6.18. The Hall–Kier alpha value is -1.83. The van der Waals surface area contributed by atoms with Crippen LogP contribution in [0.5, 0.6) is 0 Å². The second-order valence-electron chi connectivity index (χ2n) is 4.41. The van der Waals surface area contributed by atoms with Crippen LogP contribution in [0.25, 0.3) is 0 Å². The van der Waals surface area contributed by atoms with Crippen molar-refractivity contribution in [2.75, 3.05) is 0 Å². The van der Waals surface area contributed by atoms with Gasteiger partial charge in [-0.25, -0.2) is 21.9 Å². The Bertz CT molecular complexity index is 731. The molecule has 3 N–H and O–H groups in total. The van der Waals surface area contributed by atoms with Crippen LogP contribution < -0.4 is 10.5 Å². The number of hydrogen-bond donors (Lipinski definition) is 2. The smallest absolute Gasteiger partial charge is 0.240 e. The highest BCUT2D eigenvalue weighted by molar-refractivity contribution is 7.89. The first-order valence-electron chi connectivity index (χ1n) is 6.15. The van der Waals surface area contributed by atoms with Gasteiger partial charge in [0.1, 0.15) is 11.6 Å². The van der Waals surface area contributed by atoms with Gasteiger partial charge < -0.3 is 5.73 Å². The highest BCUT2D eigenvalue weighted by atomic mass is 32.2. The van der Waals surface area contributed by atoms with Gasteiger partial charge in [-0.15, -0.1) is 0 Å². The van der Waals surface area contributed by atoms with Gasteiger partial charge in [0.2, 0.25) is 10.0 Å². The monoisotopic (exact) mass is 312 g/mol. The van der Waals surface area contributed by atoms with Crippen LogP contribution in [0, 0.1) is 11.6 Å². The van der Waals surface area contributed by atoms with Crippen molar-refractivity contribution in [1.29, 1.82) is 0 Å². The van der Waals surface area contributed by atoms with Crippen molar-refractivity contribution in [1.82, 2.24) is 4.72 Å². The van der Waals surface area contributed by atoms with Crippen molar-refractivity contribution in [2.24, 2.45) is 5.73 Å². The summed E-state index contributed by atoms with van der Waals surface area (Å²) in [5.41, 5.74) is 6.22. The number of rotatable bonds is 5. The van der Waals surface area contributed by atoms with Crippen molar-refractivity contribution in [3.63, 3.8) is 0 Å². The summed E-state index contributed by atoms with van der Waals surface area (Å²) in [5.74, 6) is -1.06. The Labute approximate surface area is 121 Å². The predicted molar refractivity (Wildman–Crippen MR) is 74.7 cm³/mol. The van der Waals surface area contributed by atoms with Crippen LogP contribution in [0.1, 0.15) is 11.1 Å². The molecule has 4 nitrogen and oxygen atoms in total. The zero-order valence-corrected chi connectivity index (χ0v) is 11.8. The van der Waals surface area contributed by atoms with Crippen LogP contribution in [0.4, 0.5) is 8.78 Å². The number of hydrogen-bond acceptors (Lipinski definition) is 3. The lowest BCUT2D eigenvalue weighted by atomic mass is 10.1. The molecule has 0 heterocycles. The molecule has 0 radical (unpaired) electrons. The van der Waals surface area contributed by atoms with E-state index in [1.54, 1.807) is 6.07 Å². The molecule has 2 aromatic carbocycles. The summed E-state index contributed by atoms with van der Waals surface area (Å²) in [6, 6.07) is 8.75. The predicted octanol–water partition coefficient (Wildman–Crippen LogP) is 1.90. The summed E-state index contributed by atoms with van der Waals surface area (Å²) >= 11 is 0. The van der Waals surface area contributed by atoms with Crippen LogP contribution in [-0.4, -0.2) is 8.42 Å². The molecular formula is C14H14F2N2O2S. The molecule has 0 aromatic heterocycles. The van der Waals surface area contributed by atoms with E-state index >= 15 is 0 Å². The highest BCUT2D eigenvalue weighted by Gasteiger charge is 2.14. The molecule has 0 aliphatic rings. The van der Waals surface area contributed by atoms with Crippen molar-refractivity contribution < 1.29 is 17.2 Å². The molecular weight excluding hydrogens is 298 g/mol. The zero-order valence-electron chi connectivity index (χ0n) is 11.0. The van der Waals surface area contributed by atoms with Crippen molar-refractivity contribution in [3.05, 3.63) is 65.2 Å². The van der Waals surface area contributed by atoms with Crippen LogP contribution in [0.2, 0.25) is 0 Å². The van der Waals surface area contributed by atoms with Gasteiger partial charge in [-0.1, -0.05) is 12.1 Å². The summed E-state index contributed by atoms with van der Waals surface area (Å²) in [5, 5.41) is 0. The highest BCUT2D eigenvalue weighted by Crippen LogP contribution is 2.13. The molecule has 112 valence electrons. The molecule has 0 spiro atoms. The number of nitrogens with two attached hydrogens (primary N) is 1. The first kappa shape index (κ1) is 15.6. The molecule has 21 heavy (non-hydrogen) atoms. The fourth-order valence-corrected chi connectivity index (χ4v) is 2.74. The summed E-state index contributed by atoms with van der Waals surface area (Å²) in [4.78, 5) is -0.0807. The van der Waals surface area contributed by atoms with Crippen molar-refractivity contribution in [2.45, 2.75) is 18.0 Å². The van der Waals surface area contributed by atoms with Gasteiger partial charge >= 0.3 is 0 Å². The van der Waals surface area contributed by atoms with E-state index in [1.165, 1.54) is 12.1 Å². The molecule has 0 atom stereocenters. The van der Waals surface area contributed by atoms with E-state index < -0.39 is 21.7 Å². The summed E-state index contributed by atoms with van der Waals surface area (Å²) < 4.78 is 52.7. The van der Waals surface area contributed by atoms with Crippen molar-refractivity contribution >= 4 is 10.0 Å². The van der Waals surface area contributed by atoms with Gasteiger partial charge in [0.05, 0.1) is 4.90 Å². The Balaban J connectivity index is 2.13. The molecule has 0 fully saturated rings. The maximum absolute atomic E-state index is 13.7. The Morgan fingerprint density at radius 2 is 1.71 bits per heavy atom. The molecule has 0 aliphatic heterocycles. The topological polar surface area (TPSA) is 72.2 Å². The Kier molecular flexibility index (Phi) is 4.66. The summed E-state index contributed by atoms with van der Waals surface area (Å²) in [6.07, 6.45) is 0. The Morgan fingerprint density at radius 1 is 1.05 bits per heavy atom. The third-order valence-electron chi connectivity index (χ3n) is 2.93. The minimum absolute atomic E-state index is 0.0807. The third-order valence-corrected chi connectivity index (χ3v) is 4.35. The van der Waals surface area contributed by atoms with Gasteiger partial charge in [-0.05, 0) is 35.9 Å². The molecule has 0 unspecified atom stereocenters. The summed E-state index contributed by atoms with van der Waals surface area (Å²) in [7, 11) is -3.82. The van der Waals surface area contributed by atoms with E-state index in [9.17, 15) is 17.2 Å². The molecule has 7 heteroatoms. The number of benzene rings is 2. The van der Waals surface area contributed by atoms with Crippen molar-refractivity contribution in [3.8, 4) is 0 Å². The average Bonchev–Trinajstić information content (AvgIpc) is 2.46.